The first kappa shape index (κ1) is 17.6. The Hall–Kier alpha value is -2.44. The first-order valence-corrected chi connectivity index (χ1v) is 10.6. The van der Waals surface area contributed by atoms with Crippen LogP contribution in [0.15, 0.2) is 47.4 Å². The summed E-state index contributed by atoms with van der Waals surface area (Å²) in [6, 6.07) is 13.5. The van der Waals surface area contributed by atoms with Crippen molar-refractivity contribution in [3.8, 4) is 0 Å². The number of nitrogens with one attached hydrogen (secondary N) is 1. The SMILES string of the molecule is O=C(CN1C(=O)CSc2ccccc21)N1CCc2[nH]c3ccc(Cl)cc3c2C1. The number of carbonyl (C=O) groups excluding carboxylic acids is 2. The number of hydrogen-bond acceptors (Lipinski definition) is 3. The maximum absolute atomic E-state index is 13.0. The van der Waals surface area contributed by atoms with E-state index in [2.05, 4.69) is 4.98 Å². The van der Waals surface area contributed by atoms with Gasteiger partial charge in [-0.25, -0.2) is 0 Å². The molecule has 2 amide bonds. The second kappa shape index (κ2) is 6.87. The van der Waals surface area contributed by atoms with Crippen molar-refractivity contribution < 1.29 is 9.59 Å². The summed E-state index contributed by atoms with van der Waals surface area (Å²) in [5.74, 6) is 0.320. The number of para-hydroxylation sites is 1. The molecule has 2 aliphatic heterocycles. The fourth-order valence-electron chi connectivity index (χ4n) is 3.96. The second-order valence-electron chi connectivity index (χ2n) is 7.07. The third-order valence-electron chi connectivity index (χ3n) is 5.39. The monoisotopic (exact) mass is 411 g/mol. The number of anilines is 1. The van der Waals surface area contributed by atoms with E-state index in [9.17, 15) is 9.59 Å². The smallest absolute Gasteiger partial charge is 0.242 e. The average Bonchev–Trinajstić information content (AvgIpc) is 3.07. The Labute approximate surface area is 171 Å². The van der Waals surface area contributed by atoms with E-state index >= 15 is 0 Å². The van der Waals surface area contributed by atoms with E-state index in [1.807, 2.05) is 47.4 Å². The first-order chi connectivity index (χ1) is 13.6. The highest BCUT2D eigenvalue weighted by Crippen LogP contribution is 2.35. The number of aromatic nitrogens is 1. The first-order valence-electron chi connectivity index (χ1n) is 9.19. The quantitative estimate of drug-likeness (QED) is 0.697. The van der Waals surface area contributed by atoms with E-state index in [-0.39, 0.29) is 18.4 Å². The molecule has 1 N–H and O–H groups in total. The molecule has 142 valence electrons. The van der Waals surface area contributed by atoms with Crippen molar-refractivity contribution in [1.82, 2.24) is 9.88 Å². The molecule has 28 heavy (non-hydrogen) atoms. The fraction of sp³-hybridized carbons (Fsp3) is 0.238. The van der Waals surface area contributed by atoms with Crippen molar-refractivity contribution in [3.05, 3.63) is 58.7 Å². The van der Waals surface area contributed by atoms with Gasteiger partial charge in [-0.15, -0.1) is 11.8 Å². The number of aromatic amines is 1. The summed E-state index contributed by atoms with van der Waals surface area (Å²) in [4.78, 5) is 33.5. The molecule has 0 saturated heterocycles. The van der Waals surface area contributed by atoms with Crippen molar-refractivity contribution in [2.45, 2.75) is 17.9 Å². The third kappa shape index (κ3) is 2.97. The van der Waals surface area contributed by atoms with Crippen LogP contribution in [0, 0.1) is 0 Å². The predicted molar refractivity (Wildman–Crippen MR) is 112 cm³/mol. The van der Waals surface area contributed by atoms with Crippen LogP contribution in [0.4, 0.5) is 5.69 Å². The molecule has 0 fully saturated rings. The summed E-state index contributed by atoms with van der Waals surface area (Å²) < 4.78 is 0. The van der Waals surface area contributed by atoms with E-state index < -0.39 is 0 Å². The highest BCUT2D eigenvalue weighted by Gasteiger charge is 2.30. The van der Waals surface area contributed by atoms with Crippen LogP contribution < -0.4 is 4.90 Å². The van der Waals surface area contributed by atoms with Gasteiger partial charge in [0.2, 0.25) is 11.8 Å². The zero-order valence-corrected chi connectivity index (χ0v) is 16.6. The number of halogens is 1. The van der Waals surface area contributed by atoms with Gasteiger partial charge in [-0.3, -0.25) is 9.59 Å². The molecule has 5 rings (SSSR count). The summed E-state index contributed by atoms with van der Waals surface area (Å²) in [5, 5.41) is 1.75. The summed E-state index contributed by atoms with van der Waals surface area (Å²) >= 11 is 7.69. The summed E-state index contributed by atoms with van der Waals surface area (Å²) in [6.07, 6.45) is 0.772. The normalized spacial score (nSPS) is 16.2. The fourth-order valence-corrected chi connectivity index (χ4v) is 5.07. The van der Waals surface area contributed by atoms with Crippen LogP contribution >= 0.6 is 23.4 Å². The number of hydrogen-bond donors (Lipinski definition) is 1. The number of rotatable bonds is 2. The predicted octanol–water partition coefficient (Wildman–Crippen LogP) is 3.84. The van der Waals surface area contributed by atoms with Crippen molar-refractivity contribution in [2.24, 2.45) is 0 Å². The van der Waals surface area contributed by atoms with Crippen LogP contribution in [-0.2, 0) is 22.6 Å². The van der Waals surface area contributed by atoms with Gasteiger partial charge in [0.25, 0.3) is 0 Å². The molecular weight excluding hydrogens is 394 g/mol. The zero-order valence-electron chi connectivity index (χ0n) is 15.1. The van der Waals surface area contributed by atoms with Gasteiger partial charge in [0, 0.05) is 51.6 Å². The van der Waals surface area contributed by atoms with Crippen molar-refractivity contribution in [3.63, 3.8) is 0 Å². The third-order valence-corrected chi connectivity index (χ3v) is 6.67. The van der Waals surface area contributed by atoms with Gasteiger partial charge in [0.15, 0.2) is 0 Å². The topological polar surface area (TPSA) is 56.4 Å². The maximum atomic E-state index is 13.0. The van der Waals surface area contributed by atoms with Crippen molar-refractivity contribution in [1.29, 1.82) is 0 Å². The molecule has 0 atom stereocenters. The standard InChI is InChI=1S/C21H18ClN3O2S/c22-13-5-6-16-14(9-13)15-10-24(8-7-17(15)23-16)20(26)11-25-18-3-1-2-4-19(18)28-12-21(25)27/h1-6,9,23H,7-8,10-12H2. The highest BCUT2D eigenvalue weighted by atomic mass is 35.5. The van der Waals surface area contributed by atoms with Gasteiger partial charge in [-0.2, -0.15) is 0 Å². The molecule has 1 aromatic heterocycles. The number of amides is 2. The summed E-state index contributed by atoms with van der Waals surface area (Å²) in [7, 11) is 0. The van der Waals surface area contributed by atoms with Gasteiger partial charge in [0.1, 0.15) is 6.54 Å². The number of H-pyrrole nitrogens is 1. The Balaban J connectivity index is 1.40. The molecule has 7 heteroatoms. The number of thioether (sulfide) groups is 1. The molecule has 2 aliphatic rings. The van der Waals surface area contributed by atoms with Gasteiger partial charge < -0.3 is 14.8 Å². The van der Waals surface area contributed by atoms with Crippen LogP contribution in [0.3, 0.4) is 0 Å². The van der Waals surface area contributed by atoms with Crippen LogP contribution in [0.2, 0.25) is 5.02 Å². The maximum Gasteiger partial charge on any atom is 0.242 e. The molecule has 0 aliphatic carbocycles. The minimum Gasteiger partial charge on any atom is -0.358 e. The Kier molecular flexibility index (Phi) is 4.33. The molecule has 2 aromatic carbocycles. The number of fused-ring (bicyclic) bond motifs is 4. The largest absolute Gasteiger partial charge is 0.358 e. The van der Waals surface area contributed by atoms with E-state index in [0.717, 1.165) is 39.2 Å². The molecule has 0 saturated carbocycles. The van der Waals surface area contributed by atoms with Crippen LogP contribution in [0.5, 0.6) is 0 Å². The minimum atomic E-state index is -0.0305. The second-order valence-corrected chi connectivity index (χ2v) is 8.53. The Bertz CT molecular complexity index is 1110. The number of carbonyl (C=O) groups is 2. The average molecular weight is 412 g/mol. The molecule has 0 bridgehead atoms. The van der Waals surface area contributed by atoms with Crippen LogP contribution in [-0.4, -0.2) is 40.5 Å². The summed E-state index contributed by atoms with van der Waals surface area (Å²) in [6.45, 7) is 1.26. The van der Waals surface area contributed by atoms with E-state index in [1.165, 1.54) is 11.8 Å². The lowest BCUT2D eigenvalue weighted by Gasteiger charge is -2.32. The molecule has 0 unspecified atom stereocenters. The zero-order chi connectivity index (χ0) is 19.3. The van der Waals surface area contributed by atoms with Gasteiger partial charge in [-0.05, 0) is 30.3 Å². The summed E-state index contributed by atoms with van der Waals surface area (Å²) in [5.41, 5.74) is 4.16. The van der Waals surface area contributed by atoms with Gasteiger partial charge in [0.05, 0.1) is 11.4 Å². The Morgan fingerprint density at radius 1 is 1.21 bits per heavy atom. The van der Waals surface area contributed by atoms with Crippen molar-refractivity contribution in [2.75, 3.05) is 23.7 Å². The number of benzene rings is 2. The Morgan fingerprint density at radius 3 is 2.96 bits per heavy atom. The van der Waals surface area contributed by atoms with Crippen LogP contribution in [0.25, 0.3) is 10.9 Å². The van der Waals surface area contributed by atoms with Gasteiger partial charge >= 0.3 is 0 Å². The van der Waals surface area contributed by atoms with E-state index in [4.69, 9.17) is 11.6 Å². The minimum absolute atomic E-state index is 0.0198. The lowest BCUT2D eigenvalue weighted by Crippen LogP contribution is -2.46. The lowest BCUT2D eigenvalue weighted by atomic mass is 10.0. The molecule has 0 spiro atoms. The molecule has 3 heterocycles. The molecule has 5 nitrogen and oxygen atoms in total. The molecule has 3 aromatic rings. The molecular formula is C21H18ClN3O2S. The van der Waals surface area contributed by atoms with E-state index in [0.29, 0.717) is 23.9 Å². The lowest BCUT2D eigenvalue weighted by molar-refractivity contribution is -0.132. The van der Waals surface area contributed by atoms with Crippen molar-refractivity contribution >= 4 is 51.8 Å². The molecule has 0 radical (unpaired) electrons. The van der Waals surface area contributed by atoms with Gasteiger partial charge in [-0.1, -0.05) is 23.7 Å². The Morgan fingerprint density at radius 2 is 2.07 bits per heavy atom. The van der Waals surface area contributed by atoms with E-state index in [1.54, 1.807) is 4.90 Å². The van der Waals surface area contributed by atoms with Crippen LogP contribution in [0.1, 0.15) is 11.3 Å². The number of nitrogens with zero attached hydrogens (tertiary/aromatic N) is 2. The highest BCUT2D eigenvalue weighted by molar-refractivity contribution is 8.00.